The van der Waals surface area contributed by atoms with Gasteiger partial charge in [-0.3, -0.25) is 4.79 Å². The zero-order chi connectivity index (χ0) is 12.3. The maximum Gasteiger partial charge on any atom is 0.272 e. The Bertz CT molecular complexity index is 456. The molecule has 2 heterocycles. The Morgan fingerprint density at radius 1 is 1.47 bits per heavy atom. The Balaban J connectivity index is 2.11. The second kappa shape index (κ2) is 4.96. The zero-order valence-electron chi connectivity index (χ0n) is 9.89. The number of nitriles is 1. The van der Waals surface area contributed by atoms with Crippen molar-refractivity contribution in [2.75, 3.05) is 13.1 Å². The van der Waals surface area contributed by atoms with E-state index in [9.17, 15) is 4.79 Å². The number of rotatable bonds is 1. The van der Waals surface area contributed by atoms with Crippen LogP contribution in [-0.2, 0) is 0 Å². The van der Waals surface area contributed by atoms with Crippen molar-refractivity contribution in [2.45, 2.75) is 19.8 Å². The fraction of sp³-hybridized carbons (Fsp3) is 0.462. The Morgan fingerprint density at radius 3 is 2.82 bits per heavy atom. The highest BCUT2D eigenvalue weighted by Gasteiger charge is 2.22. The van der Waals surface area contributed by atoms with E-state index in [1.807, 2.05) is 11.0 Å². The smallest absolute Gasteiger partial charge is 0.272 e. The third kappa shape index (κ3) is 2.62. The minimum absolute atomic E-state index is 0.0611. The van der Waals surface area contributed by atoms with Gasteiger partial charge < -0.3 is 4.90 Å². The van der Waals surface area contributed by atoms with Gasteiger partial charge >= 0.3 is 0 Å². The van der Waals surface area contributed by atoms with Crippen LogP contribution in [0, 0.1) is 17.2 Å². The summed E-state index contributed by atoms with van der Waals surface area (Å²) in [5, 5.41) is 8.75. The Hall–Kier alpha value is -1.89. The molecule has 0 radical (unpaired) electrons. The first-order valence-corrected chi connectivity index (χ1v) is 5.87. The predicted molar refractivity (Wildman–Crippen MR) is 63.3 cm³/mol. The largest absolute Gasteiger partial charge is 0.337 e. The number of nitrogens with zero attached hydrogens (tertiary/aromatic N) is 3. The van der Waals surface area contributed by atoms with Gasteiger partial charge in [0.2, 0.25) is 0 Å². The maximum atomic E-state index is 12.1. The average molecular weight is 229 g/mol. The minimum Gasteiger partial charge on any atom is -0.337 e. The van der Waals surface area contributed by atoms with E-state index in [-0.39, 0.29) is 5.91 Å². The van der Waals surface area contributed by atoms with Crippen LogP contribution in [0.5, 0.6) is 0 Å². The van der Waals surface area contributed by atoms with Crippen molar-refractivity contribution in [3.8, 4) is 6.07 Å². The Labute approximate surface area is 101 Å². The van der Waals surface area contributed by atoms with Crippen LogP contribution in [0.25, 0.3) is 0 Å². The molecule has 88 valence electrons. The number of likely N-dealkylation sites (tertiary alicyclic amines) is 1. The summed E-state index contributed by atoms with van der Waals surface area (Å²) >= 11 is 0. The topological polar surface area (TPSA) is 57.0 Å². The van der Waals surface area contributed by atoms with Crippen LogP contribution in [0.4, 0.5) is 0 Å². The molecule has 1 aromatic rings. The molecule has 1 aromatic heterocycles. The van der Waals surface area contributed by atoms with Gasteiger partial charge in [0.25, 0.3) is 5.91 Å². The molecule has 0 spiro atoms. The zero-order valence-corrected chi connectivity index (χ0v) is 9.89. The number of piperidine rings is 1. The number of pyridine rings is 1. The lowest BCUT2D eigenvalue weighted by Gasteiger charge is -2.30. The third-order valence-corrected chi connectivity index (χ3v) is 3.15. The fourth-order valence-electron chi connectivity index (χ4n) is 1.99. The highest BCUT2D eigenvalue weighted by molar-refractivity contribution is 5.92. The standard InChI is InChI=1S/C13H15N3O/c1-10-5-7-16(8-6-10)13(17)12-4-2-3-11(9-14)15-12/h2-4,10H,5-8H2,1H3. The van der Waals surface area contributed by atoms with Gasteiger partial charge in [-0.1, -0.05) is 13.0 Å². The van der Waals surface area contributed by atoms with Crippen LogP contribution in [0.15, 0.2) is 18.2 Å². The molecule has 0 N–H and O–H groups in total. The Morgan fingerprint density at radius 2 is 2.18 bits per heavy atom. The van der Waals surface area contributed by atoms with E-state index in [0.29, 0.717) is 17.3 Å². The molecule has 1 aliphatic rings. The second-order valence-electron chi connectivity index (χ2n) is 4.49. The SMILES string of the molecule is CC1CCN(C(=O)c2cccc(C#N)n2)CC1. The second-order valence-corrected chi connectivity index (χ2v) is 4.49. The molecule has 1 aliphatic heterocycles. The number of carbonyl (C=O) groups is 1. The summed E-state index contributed by atoms with van der Waals surface area (Å²) in [5.74, 6) is 0.631. The summed E-state index contributed by atoms with van der Waals surface area (Å²) in [5.41, 5.74) is 0.667. The lowest BCUT2D eigenvalue weighted by molar-refractivity contribution is 0.0691. The van der Waals surface area contributed by atoms with Gasteiger partial charge in [0.15, 0.2) is 0 Å². The van der Waals surface area contributed by atoms with Crippen LogP contribution in [0.3, 0.4) is 0 Å². The van der Waals surface area contributed by atoms with Crippen molar-refractivity contribution in [2.24, 2.45) is 5.92 Å². The molecule has 17 heavy (non-hydrogen) atoms. The van der Waals surface area contributed by atoms with Gasteiger partial charge in [-0.15, -0.1) is 0 Å². The number of hydrogen-bond acceptors (Lipinski definition) is 3. The molecule has 1 saturated heterocycles. The first-order chi connectivity index (χ1) is 8.20. The van der Waals surface area contributed by atoms with E-state index in [2.05, 4.69) is 11.9 Å². The van der Waals surface area contributed by atoms with E-state index in [0.717, 1.165) is 25.9 Å². The van der Waals surface area contributed by atoms with Crippen LogP contribution in [0.2, 0.25) is 0 Å². The molecular weight excluding hydrogens is 214 g/mol. The molecule has 0 atom stereocenters. The van der Waals surface area contributed by atoms with Gasteiger partial charge in [-0.05, 0) is 30.9 Å². The molecule has 1 amide bonds. The molecular formula is C13H15N3O. The monoisotopic (exact) mass is 229 g/mol. The molecule has 0 bridgehead atoms. The summed E-state index contributed by atoms with van der Waals surface area (Å²) < 4.78 is 0. The van der Waals surface area contributed by atoms with Gasteiger partial charge in [-0.25, -0.2) is 4.98 Å². The maximum absolute atomic E-state index is 12.1. The normalized spacial score (nSPS) is 16.6. The van der Waals surface area contributed by atoms with E-state index in [4.69, 9.17) is 5.26 Å². The van der Waals surface area contributed by atoms with E-state index >= 15 is 0 Å². The molecule has 2 rings (SSSR count). The van der Waals surface area contributed by atoms with Gasteiger partial charge in [0, 0.05) is 13.1 Å². The van der Waals surface area contributed by atoms with Crippen molar-refractivity contribution in [3.05, 3.63) is 29.6 Å². The van der Waals surface area contributed by atoms with Crippen LogP contribution in [0.1, 0.15) is 35.9 Å². The number of amides is 1. The summed E-state index contributed by atoms with van der Waals surface area (Å²) in [6.45, 7) is 3.79. The molecule has 0 aromatic carbocycles. The fourth-order valence-corrected chi connectivity index (χ4v) is 1.99. The summed E-state index contributed by atoms with van der Waals surface area (Å²) in [6.07, 6.45) is 2.09. The van der Waals surface area contributed by atoms with Gasteiger partial charge in [0.05, 0.1) is 0 Å². The minimum atomic E-state index is -0.0611. The van der Waals surface area contributed by atoms with Crippen LogP contribution in [-0.4, -0.2) is 28.9 Å². The molecule has 0 unspecified atom stereocenters. The average Bonchev–Trinajstić information content (AvgIpc) is 2.39. The summed E-state index contributed by atoms with van der Waals surface area (Å²) in [7, 11) is 0. The van der Waals surface area contributed by atoms with Crippen molar-refractivity contribution in [1.82, 2.24) is 9.88 Å². The van der Waals surface area contributed by atoms with Crippen molar-refractivity contribution < 1.29 is 4.79 Å². The lowest BCUT2D eigenvalue weighted by atomic mass is 9.99. The van der Waals surface area contributed by atoms with Crippen molar-refractivity contribution >= 4 is 5.91 Å². The van der Waals surface area contributed by atoms with E-state index in [1.54, 1.807) is 18.2 Å². The van der Waals surface area contributed by atoms with Crippen LogP contribution >= 0.6 is 0 Å². The van der Waals surface area contributed by atoms with Crippen molar-refractivity contribution in [3.63, 3.8) is 0 Å². The molecule has 1 fully saturated rings. The molecule has 4 nitrogen and oxygen atoms in total. The number of hydrogen-bond donors (Lipinski definition) is 0. The van der Waals surface area contributed by atoms with E-state index in [1.165, 1.54) is 0 Å². The van der Waals surface area contributed by atoms with E-state index < -0.39 is 0 Å². The quantitative estimate of drug-likeness (QED) is 0.738. The highest BCUT2D eigenvalue weighted by Crippen LogP contribution is 2.17. The highest BCUT2D eigenvalue weighted by atomic mass is 16.2. The Kier molecular flexibility index (Phi) is 3.38. The molecule has 4 heteroatoms. The van der Waals surface area contributed by atoms with Gasteiger partial charge in [0.1, 0.15) is 17.5 Å². The summed E-state index contributed by atoms with van der Waals surface area (Å²) in [4.78, 5) is 18.0. The molecule has 0 saturated carbocycles. The predicted octanol–water partition coefficient (Wildman–Crippen LogP) is 1.83. The third-order valence-electron chi connectivity index (χ3n) is 3.15. The van der Waals surface area contributed by atoms with Crippen molar-refractivity contribution in [1.29, 1.82) is 5.26 Å². The first kappa shape index (κ1) is 11.6. The number of carbonyl (C=O) groups excluding carboxylic acids is 1. The van der Waals surface area contributed by atoms with Gasteiger partial charge in [-0.2, -0.15) is 5.26 Å². The van der Waals surface area contributed by atoms with Crippen LogP contribution < -0.4 is 0 Å². The molecule has 0 aliphatic carbocycles. The first-order valence-electron chi connectivity index (χ1n) is 5.87. The summed E-state index contributed by atoms with van der Waals surface area (Å²) in [6, 6.07) is 6.92. The number of aromatic nitrogens is 1. The lowest BCUT2D eigenvalue weighted by Crippen LogP contribution is -2.38.